The van der Waals surface area contributed by atoms with Gasteiger partial charge in [0, 0.05) is 0 Å². The molecule has 3 nitrogen and oxygen atoms in total. The molecule has 0 aliphatic heterocycles. The summed E-state index contributed by atoms with van der Waals surface area (Å²) in [5, 5.41) is 0.487. The lowest BCUT2D eigenvalue weighted by molar-refractivity contribution is 0.513. The standard InChI is InChI=1S/C16H35N.C7H7O2P/c1-2-3-4-5-6-7-8-9-10-11-12-13-14-15-16-17;1-6-2-4-7(5-3-6)10(8)9/h2-17H2,1H3;2-5H,1H3/p+1. The molecule has 0 aliphatic carbocycles. The number of aryl methyl sites for hydroxylation is 1. The Morgan fingerprint density at radius 2 is 1.11 bits per heavy atom. The molecule has 156 valence electrons. The minimum atomic E-state index is -2.16. The summed E-state index contributed by atoms with van der Waals surface area (Å²) in [6, 6.07) is 6.96. The second-order valence-corrected chi connectivity index (χ2v) is 8.56. The van der Waals surface area contributed by atoms with E-state index in [1.807, 2.05) is 19.1 Å². The summed E-state index contributed by atoms with van der Waals surface area (Å²) < 4.78 is 10.5. The molecular formula is C23H43NO2P+. The lowest BCUT2D eigenvalue weighted by atomic mass is 10.0. The zero-order chi connectivity index (χ0) is 20.2. The average molecular weight is 397 g/mol. The Hall–Kier alpha value is -0.760. The van der Waals surface area contributed by atoms with Gasteiger partial charge in [0.15, 0.2) is 0 Å². The lowest BCUT2D eigenvalue weighted by Crippen LogP contribution is -1.97. The van der Waals surface area contributed by atoms with E-state index in [0.717, 1.165) is 12.1 Å². The maximum absolute atomic E-state index is 10.5. The summed E-state index contributed by atoms with van der Waals surface area (Å²) in [5.74, 6) is 0. The van der Waals surface area contributed by atoms with Gasteiger partial charge in [0.2, 0.25) is 5.30 Å². The maximum atomic E-state index is 10.5. The van der Waals surface area contributed by atoms with Crippen molar-refractivity contribution in [1.29, 1.82) is 0 Å². The van der Waals surface area contributed by atoms with Gasteiger partial charge in [0.05, 0.1) is 0 Å². The van der Waals surface area contributed by atoms with Crippen molar-refractivity contribution in [2.75, 3.05) is 6.54 Å². The molecule has 3 N–H and O–H groups in total. The van der Waals surface area contributed by atoms with E-state index < -0.39 is 8.03 Å². The van der Waals surface area contributed by atoms with E-state index in [4.69, 9.17) is 10.6 Å². The topological polar surface area (TPSA) is 63.3 Å². The molecule has 1 rings (SSSR count). The Kier molecular flexibility index (Phi) is 19.4. The van der Waals surface area contributed by atoms with Gasteiger partial charge in [0.25, 0.3) is 0 Å². The van der Waals surface area contributed by atoms with Crippen molar-refractivity contribution >= 4 is 13.3 Å². The molecule has 1 atom stereocenters. The number of benzene rings is 1. The van der Waals surface area contributed by atoms with E-state index in [1.54, 1.807) is 12.1 Å². The Balaban J connectivity index is 0.000000569. The van der Waals surface area contributed by atoms with E-state index >= 15 is 0 Å². The normalized spacial score (nSPS) is 11.0. The molecule has 0 radical (unpaired) electrons. The largest absolute Gasteiger partial charge is 0.546 e. The Labute approximate surface area is 169 Å². The number of rotatable bonds is 15. The number of hydrogen-bond acceptors (Lipinski definition) is 2. The molecule has 1 aromatic rings. The van der Waals surface area contributed by atoms with Gasteiger partial charge in [-0.2, -0.15) is 4.89 Å². The molecule has 0 amide bonds. The first-order valence-electron chi connectivity index (χ1n) is 11.0. The first kappa shape index (κ1) is 26.2. The summed E-state index contributed by atoms with van der Waals surface area (Å²) in [4.78, 5) is 8.62. The molecule has 27 heavy (non-hydrogen) atoms. The van der Waals surface area contributed by atoms with Crippen molar-refractivity contribution in [1.82, 2.24) is 0 Å². The van der Waals surface area contributed by atoms with E-state index in [0.29, 0.717) is 5.30 Å². The van der Waals surface area contributed by atoms with Crippen LogP contribution in [0.4, 0.5) is 0 Å². The molecular weight excluding hydrogens is 353 g/mol. The van der Waals surface area contributed by atoms with Crippen LogP contribution in [0, 0.1) is 6.92 Å². The molecule has 0 aromatic heterocycles. The van der Waals surface area contributed by atoms with Crippen molar-refractivity contribution < 1.29 is 9.46 Å². The van der Waals surface area contributed by atoms with Crippen LogP contribution in [0.25, 0.3) is 0 Å². The van der Waals surface area contributed by atoms with Crippen LogP contribution in [0.2, 0.25) is 0 Å². The Bertz CT molecular complexity index is 434. The third kappa shape index (κ3) is 18.4. The van der Waals surface area contributed by atoms with Gasteiger partial charge in [0.1, 0.15) is 0 Å². The summed E-state index contributed by atoms with van der Waals surface area (Å²) in [7, 11) is -2.16. The van der Waals surface area contributed by atoms with E-state index in [1.165, 1.54) is 89.9 Å². The maximum Gasteiger partial charge on any atom is 0.546 e. The smallest absolute Gasteiger partial charge is 0.330 e. The van der Waals surface area contributed by atoms with Crippen LogP contribution < -0.4 is 11.0 Å². The van der Waals surface area contributed by atoms with Crippen molar-refractivity contribution in [2.45, 2.75) is 104 Å². The van der Waals surface area contributed by atoms with Crippen LogP contribution in [0.3, 0.4) is 0 Å². The van der Waals surface area contributed by atoms with Crippen molar-refractivity contribution in [3.63, 3.8) is 0 Å². The van der Waals surface area contributed by atoms with Crippen molar-refractivity contribution in [3.8, 4) is 0 Å². The molecule has 0 bridgehead atoms. The zero-order valence-electron chi connectivity index (χ0n) is 17.8. The van der Waals surface area contributed by atoms with Crippen LogP contribution in [0.15, 0.2) is 24.3 Å². The van der Waals surface area contributed by atoms with Crippen molar-refractivity contribution in [3.05, 3.63) is 29.8 Å². The van der Waals surface area contributed by atoms with Gasteiger partial charge in [-0.05, 0) is 36.6 Å². The fourth-order valence-electron chi connectivity index (χ4n) is 3.01. The van der Waals surface area contributed by atoms with E-state index in [9.17, 15) is 4.57 Å². The third-order valence-electron chi connectivity index (χ3n) is 4.81. The monoisotopic (exact) mass is 396 g/mol. The highest BCUT2D eigenvalue weighted by molar-refractivity contribution is 7.47. The predicted molar refractivity (Wildman–Crippen MR) is 120 cm³/mol. The summed E-state index contributed by atoms with van der Waals surface area (Å²) in [6.45, 7) is 5.10. The lowest BCUT2D eigenvalue weighted by Gasteiger charge is -2.02. The molecule has 0 heterocycles. The summed E-state index contributed by atoms with van der Waals surface area (Å²) >= 11 is 0. The van der Waals surface area contributed by atoms with Gasteiger partial charge < -0.3 is 5.73 Å². The Morgan fingerprint density at radius 3 is 1.44 bits per heavy atom. The van der Waals surface area contributed by atoms with Gasteiger partial charge in [-0.3, -0.25) is 0 Å². The van der Waals surface area contributed by atoms with Crippen LogP contribution >= 0.6 is 8.03 Å². The minimum Gasteiger partial charge on any atom is -0.330 e. The second kappa shape index (κ2) is 20.0. The van der Waals surface area contributed by atoms with Gasteiger partial charge in [-0.25, -0.2) is 0 Å². The molecule has 1 aromatic carbocycles. The molecule has 1 unspecified atom stereocenters. The molecule has 4 heteroatoms. The van der Waals surface area contributed by atoms with Gasteiger partial charge in [-0.15, -0.1) is 0 Å². The molecule has 0 saturated heterocycles. The highest BCUT2D eigenvalue weighted by atomic mass is 31.1. The predicted octanol–water partition coefficient (Wildman–Crippen LogP) is 6.78. The third-order valence-corrected chi connectivity index (χ3v) is 5.55. The fraction of sp³-hybridized carbons (Fsp3) is 0.739. The van der Waals surface area contributed by atoms with Crippen molar-refractivity contribution in [2.24, 2.45) is 5.73 Å². The number of nitrogens with two attached hydrogens (primary N) is 1. The minimum absolute atomic E-state index is 0.487. The molecule has 0 spiro atoms. The first-order chi connectivity index (χ1) is 13.1. The van der Waals surface area contributed by atoms with E-state index in [-0.39, 0.29) is 0 Å². The molecule has 0 aliphatic rings. The molecule has 0 fully saturated rings. The average Bonchev–Trinajstić information content (AvgIpc) is 2.66. The van der Waals surface area contributed by atoms with Crippen LogP contribution in [0.1, 0.15) is 102 Å². The number of unbranched alkanes of at least 4 members (excludes halogenated alkanes) is 13. The fourth-order valence-corrected chi connectivity index (χ4v) is 3.42. The highest BCUT2D eigenvalue weighted by Gasteiger charge is 2.13. The zero-order valence-corrected chi connectivity index (χ0v) is 18.7. The second-order valence-electron chi connectivity index (χ2n) is 7.49. The highest BCUT2D eigenvalue weighted by Crippen LogP contribution is 2.13. The SMILES string of the molecule is CCCCCCCCCCCCCCCCN.Cc1ccc([P+](=O)O)cc1. The van der Waals surface area contributed by atoms with E-state index in [2.05, 4.69) is 6.92 Å². The first-order valence-corrected chi connectivity index (χ1v) is 12.3. The molecule has 0 saturated carbocycles. The Morgan fingerprint density at radius 1 is 0.741 bits per heavy atom. The van der Waals surface area contributed by atoms with Crippen LogP contribution in [-0.4, -0.2) is 11.4 Å². The van der Waals surface area contributed by atoms with Crippen LogP contribution in [0.5, 0.6) is 0 Å². The quantitative estimate of drug-likeness (QED) is 0.254. The van der Waals surface area contributed by atoms with Gasteiger partial charge >= 0.3 is 8.03 Å². The summed E-state index contributed by atoms with van der Waals surface area (Å²) in [6.07, 6.45) is 19.9. The van der Waals surface area contributed by atoms with Crippen LogP contribution in [-0.2, 0) is 4.57 Å². The summed E-state index contributed by atoms with van der Waals surface area (Å²) in [5.41, 5.74) is 6.57. The number of hydrogen-bond donors (Lipinski definition) is 2. The van der Waals surface area contributed by atoms with Gasteiger partial charge in [-0.1, -0.05) is 108 Å².